The molecule has 1 N–H and O–H groups in total. The van der Waals surface area contributed by atoms with Gasteiger partial charge in [0, 0.05) is 57.1 Å². The van der Waals surface area contributed by atoms with Crippen molar-refractivity contribution in [2.45, 2.75) is 45.8 Å². The minimum Gasteiger partial charge on any atom is -0.309 e. The normalized spacial score (nSPS) is 18.4. The van der Waals surface area contributed by atoms with Crippen LogP contribution in [0.1, 0.15) is 38.3 Å². The molecule has 3 rings (SSSR count). The molecule has 0 spiro atoms. The topological polar surface area (TPSA) is 68.0 Å². The molecule has 1 aliphatic rings. The predicted molar refractivity (Wildman–Crippen MR) is 88.0 cm³/mol. The molecule has 0 aliphatic carbocycles. The van der Waals surface area contributed by atoms with Gasteiger partial charge in [-0.1, -0.05) is 6.92 Å². The van der Waals surface area contributed by atoms with Crippen LogP contribution in [0.3, 0.4) is 0 Å². The first-order valence-corrected chi connectivity index (χ1v) is 8.20. The van der Waals surface area contributed by atoms with Gasteiger partial charge in [0.1, 0.15) is 0 Å². The lowest BCUT2D eigenvalue weighted by atomic mass is 10.3. The molecular weight excluding hydrogens is 292 g/mol. The largest absolute Gasteiger partial charge is 0.309 e. The lowest BCUT2D eigenvalue weighted by Gasteiger charge is -2.15. The maximum atomic E-state index is 11.1. The van der Waals surface area contributed by atoms with Gasteiger partial charge in [-0.25, -0.2) is 0 Å². The summed E-state index contributed by atoms with van der Waals surface area (Å²) < 4.78 is 3.97. The van der Waals surface area contributed by atoms with Crippen LogP contribution < -0.4 is 5.32 Å². The van der Waals surface area contributed by atoms with Crippen molar-refractivity contribution >= 4 is 11.7 Å². The molecule has 1 fully saturated rings. The van der Waals surface area contributed by atoms with E-state index in [9.17, 15) is 4.79 Å². The molecule has 1 amide bonds. The van der Waals surface area contributed by atoms with E-state index >= 15 is 0 Å². The molecule has 1 atom stereocenters. The number of aromatic nitrogens is 4. The Morgan fingerprint density at radius 3 is 3.13 bits per heavy atom. The fraction of sp³-hybridized carbons (Fsp3) is 0.562. The number of nitrogens with one attached hydrogen (secondary N) is 1. The van der Waals surface area contributed by atoms with E-state index in [0.717, 1.165) is 39.0 Å². The Morgan fingerprint density at radius 1 is 1.48 bits per heavy atom. The van der Waals surface area contributed by atoms with E-state index in [2.05, 4.69) is 33.5 Å². The van der Waals surface area contributed by atoms with Crippen LogP contribution in [0.4, 0.5) is 5.82 Å². The van der Waals surface area contributed by atoms with Crippen LogP contribution >= 0.6 is 0 Å². The van der Waals surface area contributed by atoms with Crippen LogP contribution in [0.5, 0.6) is 0 Å². The molecule has 7 nitrogen and oxygen atoms in total. The van der Waals surface area contributed by atoms with Gasteiger partial charge in [-0.2, -0.15) is 10.2 Å². The van der Waals surface area contributed by atoms with Crippen molar-refractivity contribution in [1.29, 1.82) is 0 Å². The third-order valence-electron chi connectivity index (χ3n) is 4.08. The second-order valence-corrected chi connectivity index (χ2v) is 6.15. The maximum absolute atomic E-state index is 11.1. The van der Waals surface area contributed by atoms with Crippen LogP contribution in [0.2, 0.25) is 0 Å². The van der Waals surface area contributed by atoms with Crippen molar-refractivity contribution in [2.24, 2.45) is 0 Å². The van der Waals surface area contributed by atoms with E-state index in [1.165, 1.54) is 12.5 Å². The second kappa shape index (κ2) is 6.95. The Labute approximate surface area is 136 Å². The number of anilines is 1. The van der Waals surface area contributed by atoms with Crippen LogP contribution in [-0.4, -0.2) is 43.5 Å². The number of hydrogen-bond acceptors (Lipinski definition) is 4. The molecule has 23 heavy (non-hydrogen) atoms. The molecule has 124 valence electrons. The van der Waals surface area contributed by atoms with E-state index in [-0.39, 0.29) is 5.91 Å². The zero-order valence-electron chi connectivity index (χ0n) is 13.8. The molecular formula is C16H24N6O. The zero-order chi connectivity index (χ0) is 16.2. The van der Waals surface area contributed by atoms with Crippen molar-refractivity contribution in [3.63, 3.8) is 0 Å². The van der Waals surface area contributed by atoms with Crippen molar-refractivity contribution in [3.05, 3.63) is 30.2 Å². The summed E-state index contributed by atoms with van der Waals surface area (Å²) in [6.07, 6.45) is 8.22. The molecule has 0 aromatic carbocycles. The summed E-state index contributed by atoms with van der Waals surface area (Å²) in [6.45, 7) is 7.59. The zero-order valence-corrected chi connectivity index (χ0v) is 13.8. The monoisotopic (exact) mass is 316 g/mol. The number of aryl methyl sites for hydroxylation is 1. The van der Waals surface area contributed by atoms with E-state index < -0.39 is 0 Å². The molecule has 3 heterocycles. The lowest BCUT2D eigenvalue weighted by Crippen LogP contribution is -2.21. The van der Waals surface area contributed by atoms with Crippen LogP contribution in [0.25, 0.3) is 0 Å². The van der Waals surface area contributed by atoms with Gasteiger partial charge < -0.3 is 5.32 Å². The number of carbonyl (C=O) groups excluding carboxylic acids is 1. The van der Waals surface area contributed by atoms with Gasteiger partial charge in [0.25, 0.3) is 0 Å². The number of nitrogens with zero attached hydrogens (tertiary/aromatic N) is 5. The second-order valence-electron chi connectivity index (χ2n) is 6.15. The average molecular weight is 316 g/mol. The van der Waals surface area contributed by atoms with Crippen LogP contribution in [-0.2, 0) is 17.9 Å². The molecule has 7 heteroatoms. The lowest BCUT2D eigenvalue weighted by molar-refractivity contribution is -0.114. The van der Waals surface area contributed by atoms with Crippen molar-refractivity contribution in [3.8, 4) is 0 Å². The standard InChI is InChI=1S/C16H24N6O/c1-3-6-21-11-14(9-17-21)10-20-7-4-15(12-20)22-8-5-16(19-22)18-13(2)23/h5,8-9,11,15H,3-4,6-7,10,12H2,1-2H3,(H,18,19,23)/t15-/m1/s1. The molecule has 1 saturated heterocycles. The van der Waals surface area contributed by atoms with Crippen molar-refractivity contribution < 1.29 is 4.79 Å². The Hall–Kier alpha value is -2.15. The molecule has 0 unspecified atom stereocenters. The minimum atomic E-state index is -0.0904. The molecule has 2 aromatic rings. The van der Waals surface area contributed by atoms with Gasteiger partial charge in [-0.15, -0.1) is 0 Å². The van der Waals surface area contributed by atoms with Crippen LogP contribution in [0, 0.1) is 0 Å². The molecule has 1 aliphatic heterocycles. The Bertz CT molecular complexity index is 661. The van der Waals surface area contributed by atoms with Crippen LogP contribution in [0.15, 0.2) is 24.7 Å². The SMILES string of the molecule is CCCn1cc(CN2CC[C@@H](n3ccc(NC(C)=O)n3)C2)cn1. The molecule has 0 saturated carbocycles. The van der Waals surface area contributed by atoms with Crippen molar-refractivity contribution in [1.82, 2.24) is 24.5 Å². The number of carbonyl (C=O) groups is 1. The summed E-state index contributed by atoms with van der Waals surface area (Å²) >= 11 is 0. The van der Waals surface area contributed by atoms with Gasteiger partial charge in [-0.05, 0) is 12.8 Å². The third-order valence-corrected chi connectivity index (χ3v) is 4.08. The van der Waals surface area contributed by atoms with Gasteiger partial charge in [0.05, 0.1) is 12.2 Å². The van der Waals surface area contributed by atoms with Crippen molar-refractivity contribution in [2.75, 3.05) is 18.4 Å². The summed E-state index contributed by atoms with van der Waals surface area (Å²) in [5.41, 5.74) is 1.26. The quantitative estimate of drug-likeness (QED) is 0.884. The highest BCUT2D eigenvalue weighted by Gasteiger charge is 2.24. The highest BCUT2D eigenvalue weighted by molar-refractivity contribution is 5.87. The summed E-state index contributed by atoms with van der Waals surface area (Å²) in [7, 11) is 0. The number of rotatable bonds is 6. The Morgan fingerprint density at radius 2 is 2.35 bits per heavy atom. The molecule has 2 aromatic heterocycles. The predicted octanol–water partition coefficient (Wildman–Crippen LogP) is 1.89. The minimum absolute atomic E-state index is 0.0904. The highest BCUT2D eigenvalue weighted by atomic mass is 16.1. The number of likely N-dealkylation sites (tertiary alicyclic amines) is 1. The summed E-state index contributed by atoms with van der Waals surface area (Å²) in [5.74, 6) is 0.532. The van der Waals surface area contributed by atoms with E-state index in [4.69, 9.17) is 0 Å². The van der Waals surface area contributed by atoms with Gasteiger partial charge in [-0.3, -0.25) is 19.1 Å². The smallest absolute Gasteiger partial charge is 0.222 e. The van der Waals surface area contributed by atoms with E-state index in [1.807, 2.05) is 27.8 Å². The van der Waals surface area contributed by atoms with E-state index in [0.29, 0.717) is 11.9 Å². The summed E-state index contributed by atoms with van der Waals surface area (Å²) in [5, 5.41) is 11.6. The average Bonchev–Trinajstić information content (AvgIpc) is 3.20. The first kappa shape index (κ1) is 15.7. The Kier molecular flexibility index (Phi) is 4.76. The summed E-state index contributed by atoms with van der Waals surface area (Å²) in [6, 6.07) is 2.21. The summed E-state index contributed by atoms with van der Waals surface area (Å²) in [4.78, 5) is 13.5. The number of amides is 1. The highest BCUT2D eigenvalue weighted by Crippen LogP contribution is 2.23. The fourth-order valence-electron chi connectivity index (χ4n) is 3.06. The maximum Gasteiger partial charge on any atom is 0.222 e. The van der Waals surface area contributed by atoms with Gasteiger partial charge in [0.15, 0.2) is 5.82 Å². The molecule has 0 radical (unpaired) electrons. The number of hydrogen-bond donors (Lipinski definition) is 1. The Balaban J connectivity index is 1.55. The first-order chi connectivity index (χ1) is 11.1. The first-order valence-electron chi connectivity index (χ1n) is 8.20. The van der Waals surface area contributed by atoms with E-state index in [1.54, 1.807) is 0 Å². The third kappa shape index (κ3) is 3.98. The fourth-order valence-corrected chi connectivity index (χ4v) is 3.06. The van der Waals surface area contributed by atoms with Gasteiger partial charge in [0.2, 0.25) is 5.91 Å². The van der Waals surface area contributed by atoms with Gasteiger partial charge >= 0.3 is 0 Å². The molecule has 0 bridgehead atoms.